The van der Waals surface area contributed by atoms with Crippen LogP contribution in [-0.2, 0) is 26.9 Å². The molecule has 0 heterocycles. The smallest absolute Gasteiger partial charge is 0.567 e. The van der Waals surface area contributed by atoms with Crippen LogP contribution < -0.4 is 4.89 Å². The van der Waals surface area contributed by atoms with Gasteiger partial charge in [0.05, 0.1) is 0 Å². The van der Waals surface area contributed by atoms with Crippen molar-refractivity contribution in [1.29, 1.82) is 0 Å². The summed E-state index contributed by atoms with van der Waals surface area (Å²) in [5, 5.41) is 0. The minimum atomic E-state index is -3.12. The van der Waals surface area contributed by atoms with E-state index >= 15 is 0 Å². The summed E-state index contributed by atoms with van der Waals surface area (Å²) in [4.78, 5) is 15.6. The van der Waals surface area contributed by atoms with Crippen molar-refractivity contribution in [3.05, 3.63) is 0 Å². The Labute approximate surface area is 45.5 Å². The van der Waals surface area contributed by atoms with Gasteiger partial charge in [0.1, 0.15) is 0 Å². The Morgan fingerprint density at radius 1 is 1.80 bits per heavy atom. The Morgan fingerprint density at radius 3 is 1.80 bits per heavy atom. The molecule has 0 saturated heterocycles. The molecule has 34 valence electrons. The van der Waals surface area contributed by atoms with Crippen LogP contribution in [0.2, 0.25) is 0 Å². The first-order chi connectivity index (χ1) is 1.73. The zero-order valence-corrected chi connectivity index (χ0v) is 4.39. The van der Waals surface area contributed by atoms with Crippen LogP contribution in [0.15, 0.2) is 0 Å². The summed E-state index contributed by atoms with van der Waals surface area (Å²) in [5.41, 5.74) is 0. The molecule has 0 bridgehead atoms. The molecule has 0 fully saturated rings. The minimum absolute atomic E-state index is 0. The Morgan fingerprint density at radius 2 is 1.80 bits per heavy atom. The van der Waals surface area contributed by atoms with Gasteiger partial charge in [-0.05, 0) is 4.57 Å². The summed E-state index contributed by atoms with van der Waals surface area (Å²) >= 11 is 0. The zero-order chi connectivity index (χ0) is 3.58. The molecule has 0 aromatic carbocycles. The quantitative estimate of drug-likeness (QED) is 0.391. The SMILES string of the molecule is O=[P+]([O-])O.[Ag+]. The van der Waals surface area contributed by atoms with Crippen molar-refractivity contribution in [2.75, 3.05) is 0 Å². The van der Waals surface area contributed by atoms with Crippen molar-refractivity contribution >= 4 is 8.25 Å². The van der Waals surface area contributed by atoms with Crippen molar-refractivity contribution in [3.8, 4) is 0 Å². The third-order valence-electron chi connectivity index (χ3n) is 0. The number of rotatable bonds is 0. The van der Waals surface area contributed by atoms with E-state index in [0.717, 1.165) is 0 Å². The standard InChI is InChI=1S/Ag.HO3P/c;1-4(2)3/h;(H,1,2,3)/q+1;. The van der Waals surface area contributed by atoms with Crippen LogP contribution in [0.25, 0.3) is 0 Å². The van der Waals surface area contributed by atoms with Crippen molar-refractivity contribution in [1.82, 2.24) is 0 Å². The molecule has 0 radical (unpaired) electrons. The maximum absolute atomic E-state index is 8.59. The molecule has 0 rings (SSSR count). The molecule has 1 atom stereocenters. The van der Waals surface area contributed by atoms with Gasteiger partial charge >= 0.3 is 30.6 Å². The van der Waals surface area contributed by atoms with Gasteiger partial charge in [0, 0.05) is 0 Å². The average molecular weight is 188 g/mol. The molecular formula is HAgO3P+. The minimum Gasteiger partial charge on any atom is -0.567 e. The average Bonchev–Trinajstić information content (AvgIpc) is 0.811. The Bertz CT molecular complexity index is 29.9. The van der Waals surface area contributed by atoms with Gasteiger partial charge in [0.2, 0.25) is 0 Å². The molecule has 1 N–H and O–H groups in total. The molecule has 5 heteroatoms. The molecule has 0 aromatic heterocycles. The normalized spacial score (nSPS) is 8.80. The Kier molecular flexibility index (Phi) is 8.79. The third-order valence-corrected chi connectivity index (χ3v) is 0. The van der Waals surface area contributed by atoms with E-state index in [1.54, 1.807) is 0 Å². The van der Waals surface area contributed by atoms with Crippen LogP contribution in [0, 0.1) is 0 Å². The van der Waals surface area contributed by atoms with Gasteiger partial charge in [0.15, 0.2) is 0 Å². The van der Waals surface area contributed by atoms with Crippen molar-refractivity contribution in [2.45, 2.75) is 0 Å². The maximum Gasteiger partial charge on any atom is 1.00 e. The number of hydrogen-bond donors (Lipinski definition) is 1. The van der Waals surface area contributed by atoms with E-state index in [4.69, 9.17) is 14.4 Å². The van der Waals surface area contributed by atoms with E-state index < -0.39 is 8.25 Å². The molecule has 0 amide bonds. The summed E-state index contributed by atoms with van der Waals surface area (Å²) in [6, 6.07) is 0. The van der Waals surface area contributed by atoms with Crippen LogP contribution in [0.1, 0.15) is 0 Å². The van der Waals surface area contributed by atoms with Gasteiger partial charge in [0.25, 0.3) is 0 Å². The second-order valence-electron chi connectivity index (χ2n) is 0.238. The van der Waals surface area contributed by atoms with Crippen molar-refractivity contribution in [3.63, 3.8) is 0 Å². The third kappa shape index (κ3) is 62.7. The summed E-state index contributed by atoms with van der Waals surface area (Å²) in [6.45, 7) is 0. The zero-order valence-electron chi connectivity index (χ0n) is 2.01. The Hall–Kier alpha value is 0.760. The van der Waals surface area contributed by atoms with Crippen LogP contribution in [0.5, 0.6) is 0 Å². The second-order valence-corrected chi connectivity index (χ2v) is 0.714. The molecule has 1 unspecified atom stereocenters. The van der Waals surface area contributed by atoms with Crippen LogP contribution in [0.3, 0.4) is 0 Å². The largest absolute Gasteiger partial charge is 1.00 e. The molecule has 0 saturated carbocycles. The summed E-state index contributed by atoms with van der Waals surface area (Å²) in [7, 11) is -3.12. The van der Waals surface area contributed by atoms with E-state index in [2.05, 4.69) is 0 Å². The fraction of sp³-hybridized carbons (Fsp3) is 0. The van der Waals surface area contributed by atoms with E-state index in [1.165, 1.54) is 0 Å². The fourth-order valence-corrected chi connectivity index (χ4v) is 0. The van der Waals surface area contributed by atoms with Crippen molar-refractivity contribution in [2.24, 2.45) is 0 Å². The molecule has 3 nitrogen and oxygen atoms in total. The summed E-state index contributed by atoms with van der Waals surface area (Å²) < 4.78 is 8.59. The first-order valence-corrected chi connectivity index (χ1v) is 1.70. The van der Waals surface area contributed by atoms with E-state index in [1.807, 2.05) is 0 Å². The van der Waals surface area contributed by atoms with Gasteiger partial charge in [-0.2, -0.15) is 4.89 Å². The topological polar surface area (TPSA) is 60.4 Å². The Balaban J connectivity index is 0. The molecule has 0 aliphatic carbocycles. The molecule has 0 aromatic rings. The monoisotopic (exact) mass is 187 g/mol. The first-order valence-electron chi connectivity index (χ1n) is 0.565. The molecule has 5 heavy (non-hydrogen) atoms. The van der Waals surface area contributed by atoms with Crippen LogP contribution in [0.4, 0.5) is 0 Å². The number of hydrogen-bond acceptors (Lipinski definition) is 2. The second kappa shape index (κ2) is 4.76. The molecular weight excluding hydrogens is 187 g/mol. The molecule has 0 spiro atoms. The molecule has 0 aliphatic heterocycles. The van der Waals surface area contributed by atoms with Gasteiger partial charge in [-0.25, -0.2) is 0 Å². The van der Waals surface area contributed by atoms with Gasteiger partial charge in [-0.15, -0.1) is 0 Å². The van der Waals surface area contributed by atoms with Crippen LogP contribution in [-0.4, -0.2) is 4.89 Å². The van der Waals surface area contributed by atoms with Crippen LogP contribution >= 0.6 is 8.25 Å². The maximum atomic E-state index is 8.59. The predicted octanol–water partition coefficient (Wildman–Crippen LogP) is -1.01. The molecule has 0 aliphatic rings. The summed E-state index contributed by atoms with van der Waals surface area (Å²) in [5.74, 6) is 0. The van der Waals surface area contributed by atoms with Crippen molar-refractivity contribution < 1.29 is 36.7 Å². The summed E-state index contributed by atoms with van der Waals surface area (Å²) in [6.07, 6.45) is 0. The first kappa shape index (κ1) is 9.23. The predicted molar refractivity (Wildman–Crippen MR) is 9.83 cm³/mol. The van der Waals surface area contributed by atoms with Gasteiger partial charge in [-0.3, -0.25) is 0 Å². The fourth-order valence-electron chi connectivity index (χ4n) is 0. The van der Waals surface area contributed by atoms with E-state index in [9.17, 15) is 0 Å². The van der Waals surface area contributed by atoms with E-state index in [-0.39, 0.29) is 22.4 Å². The van der Waals surface area contributed by atoms with Gasteiger partial charge in [-0.1, -0.05) is 0 Å². The van der Waals surface area contributed by atoms with E-state index in [0.29, 0.717) is 0 Å². The van der Waals surface area contributed by atoms with Gasteiger partial charge < -0.3 is 4.89 Å².